The summed E-state index contributed by atoms with van der Waals surface area (Å²) in [5.74, 6) is 0.614. The van der Waals surface area contributed by atoms with Crippen molar-refractivity contribution in [3.8, 4) is 0 Å². The van der Waals surface area contributed by atoms with Crippen molar-refractivity contribution in [1.29, 1.82) is 0 Å². The largest absolute Gasteiger partial charge is 0.353 e. The molecule has 0 aliphatic rings. The fourth-order valence-corrected chi connectivity index (χ4v) is 1.88. The molecule has 100 valence electrons. The van der Waals surface area contributed by atoms with E-state index < -0.39 is 0 Å². The van der Waals surface area contributed by atoms with E-state index >= 15 is 0 Å². The summed E-state index contributed by atoms with van der Waals surface area (Å²) in [5.41, 5.74) is 3.27. The Morgan fingerprint density at radius 1 is 1.00 bits per heavy atom. The number of aromatic nitrogens is 4. The van der Waals surface area contributed by atoms with Crippen molar-refractivity contribution in [3.05, 3.63) is 41.5 Å². The number of nitrogens with zero attached hydrogens (tertiary/aromatic N) is 4. The Morgan fingerprint density at radius 3 is 2.42 bits per heavy atom. The second kappa shape index (κ2) is 6.78. The van der Waals surface area contributed by atoms with Gasteiger partial charge in [-0.2, -0.15) is 5.10 Å². The number of hydrogen-bond acceptors (Lipinski definition) is 5. The first kappa shape index (κ1) is 13.4. The van der Waals surface area contributed by atoms with Crippen LogP contribution < -0.4 is 5.32 Å². The van der Waals surface area contributed by atoms with Crippen molar-refractivity contribution < 1.29 is 0 Å². The van der Waals surface area contributed by atoms with Gasteiger partial charge in [0, 0.05) is 18.9 Å². The predicted molar refractivity (Wildman–Crippen MR) is 75.0 cm³/mol. The molecule has 0 aliphatic carbocycles. The van der Waals surface area contributed by atoms with E-state index in [0.717, 1.165) is 37.2 Å². The van der Waals surface area contributed by atoms with Gasteiger partial charge in [-0.05, 0) is 37.0 Å². The van der Waals surface area contributed by atoms with E-state index in [2.05, 4.69) is 39.3 Å². The van der Waals surface area contributed by atoms with Gasteiger partial charge < -0.3 is 5.32 Å². The lowest BCUT2D eigenvalue weighted by Gasteiger charge is -2.07. The Hall–Kier alpha value is -2.04. The zero-order valence-electron chi connectivity index (χ0n) is 11.4. The first-order valence-corrected chi connectivity index (χ1v) is 6.68. The quantitative estimate of drug-likeness (QED) is 0.858. The monoisotopic (exact) mass is 257 g/mol. The van der Waals surface area contributed by atoms with Crippen LogP contribution in [0.1, 0.15) is 30.8 Å². The standard InChI is InChI=1S/C14H19N5/c1-3-12-13(4-2)18-19-14(17-12)16-10-7-11-5-8-15-9-6-11/h5-6,8-9H,3-4,7,10H2,1-2H3,(H,16,17,19). The molecule has 2 aromatic rings. The van der Waals surface area contributed by atoms with Crippen LogP contribution in [-0.2, 0) is 19.3 Å². The highest BCUT2D eigenvalue weighted by Gasteiger charge is 2.05. The minimum absolute atomic E-state index is 0.614. The molecule has 0 bridgehead atoms. The van der Waals surface area contributed by atoms with E-state index in [9.17, 15) is 0 Å². The first-order chi connectivity index (χ1) is 9.33. The molecule has 0 saturated heterocycles. The molecule has 0 atom stereocenters. The van der Waals surface area contributed by atoms with Crippen molar-refractivity contribution >= 4 is 5.95 Å². The fourth-order valence-electron chi connectivity index (χ4n) is 1.88. The highest BCUT2D eigenvalue weighted by Crippen LogP contribution is 2.07. The number of aryl methyl sites for hydroxylation is 2. The molecule has 0 unspecified atom stereocenters. The minimum Gasteiger partial charge on any atom is -0.353 e. The van der Waals surface area contributed by atoms with Crippen LogP contribution in [0.4, 0.5) is 5.95 Å². The molecule has 0 spiro atoms. The van der Waals surface area contributed by atoms with E-state index in [4.69, 9.17) is 0 Å². The van der Waals surface area contributed by atoms with Gasteiger partial charge in [0.05, 0.1) is 11.4 Å². The van der Waals surface area contributed by atoms with E-state index in [1.54, 1.807) is 12.4 Å². The molecule has 0 aliphatic heterocycles. The minimum atomic E-state index is 0.614. The second-order valence-electron chi connectivity index (χ2n) is 4.27. The molecule has 5 heteroatoms. The molecule has 0 amide bonds. The average molecular weight is 257 g/mol. The number of pyridine rings is 1. The van der Waals surface area contributed by atoms with Crippen molar-refractivity contribution in [2.24, 2.45) is 0 Å². The number of rotatable bonds is 6. The fraction of sp³-hybridized carbons (Fsp3) is 0.429. The van der Waals surface area contributed by atoms with Crippen molar-refractivity contribution in [2.75, 3.05) is 11.9 Å². The molecule has 0 saturated carbocycles. The van der Waals surface area contributed by atoms with Gasteiger partial charge in [0.25, 0.3) is 0 Å². The van der Waals surface area contributed by atoms with Gasteiger partial charge in [0.2, 0.25) is 5.95 Å². The maximum Gasteiger partial charge on any atom is 0.242 e. The zero-order valence-corrected chi connectivity index (χ0v) is 11.4. The average Bonchev–Trinajstić information content (AvgIpc) is 2.48. The summed E-state index contributed by atoms with van der Waals surface area (Å²) in [7, 11) is 0. The molecule has 2 rings (SSSR count). The summed E-state index contributed by atoms with van der Waals surface area (Å²) in [4.78, 5) is 8.49. The Labute approximate surface area is 113 Å². The summed E-state index contributed by atoms with van der Waals surface area (Å²) in [6, 6.07) is 4.02. The summed E-state index contributed by atoms with van der Waals surface area (Å²) < 4.78 is 0. The molecule has 0 aromatic carbocycles. The summed E-state index contributed by atoms with van der Waals surface area (Å²) in [5, 5.41) is 11.5. The Balaban J connectivity index is 1.93. The van der Waals surface area contributed by atoms with Crippen LogP contribution in [0.2, 0.25) is 0 Å². The Bertz CT molecular complexity index is 512. The lowest BCUT2D eigenvalue weighted by Crippen LogP contribution is -2.12. The molecular formula is C14H19N5. The highest BCUT2D eigenvalue weighted by atomic mass is 15.2. The van der Waals surface area contributed by atoms with Gasteiger partial charge in [-0.15, -0.1) is 5.10 Å². The van der Waals surface area contributed by atoms with E-state index in [1.165, 1.54) is 5.56 Å². The van der Waals surface area contributed by atoms with Crippen LogP contribution in [0, 0.1) is 0 Å². The van der Waals surface area contributed by atoms with E-state index in [1.807, 2.05) is 12.1 Å². The van der Waals surface area contributed by atoms with Crippen molar-refractivity contribution in [1.82, 2.24) is 20.2 Å². The normalized spacial score (nSPS) is 10.4. The molecule has 0 radical (unpaired) electrons. The lowest BCUT2D eigenvalue weighted by molar-refractivity contribution is 0.817. The maximum atomic E-state index is 4.50. The third kappa shape index (κ3) is 3.71. The van der Waals surface area contributed by atoms with Crippen LogP contribution in [0.15, 0.2) is 24.5 Å². The lowest BCUT2D eigenvalue weighted by atomic mass is 10.2. The smallest absolute Gasteiger partial charge is 0.242 e. The van der Waals surface area contributed by atoms with Crippen molar-refractivity contribution in [2.45, 2.75) is 33.1 Å². The molecule has 2 aromatic heterocycles. The summed E-state index contributed by atoms with van der Waals surface area (Å²) in [6.07, 6.45) is 6.29. The van der Waals surface area contributed by atoms with Gasteiger partial charge in [-0.1, -0.05) is 13.8 Å². The van der Waals surface area contributed by atoms with Crippen LogP contribution >= 0.6 is 0 Å². The molecule has 19 heavy (non-hydrogen) atoms. The predicted octanol–water partition coefficient (Wildman–Crippen LogP) is 2.05. The van der Waals surface area contributed by atoms with E-state index in [-0.39, 0.29) is 0 Å². The maximum absolute atomic E-state index is 4.50. The van der Waals surface area contributed by atoms with Crippen LogP contribution in [0.5, 0.6) is 0 Å². The second-order valence-corrected chi connectivity index (χ2v) is 4.27. The summed E-state index contributed by atoms with van der Waals surface area (Å²) in [6.45, 7) is 4.95. The van der Waals surface area contributed by atoms with Gasteiger partial charge >= 0.3 is 0 Å². The summed E-state index contributed by atoms with van der Waals surface area (Å²) >= 11 is 0. The molecule has 5 nitrogen and oxygen atoms in total. The van der Waals surface area contributed by atoms with Crippen LogP contribution in [-0.4, -0.2) is 26.7 Å². The molecule has 1 N–H and O–H groups in total. The zero-order chi connectivity index (χ0) is 13.5. The Kier molecular flexibility index (Phi) is 4.78. The third-order valence-electron chi connectivity index (χ3n) is 2.96. The third-order valence-corrected chi connectivity index (χ3v) is 2.96. The SMILES string of the molecule is CCc1nnc(NCCc2ccncc2)nc1CC. The number of hydrogen-bond donors (Lipinski definition) is 1. The Morgan fingerprint density at radius 2 is 1.74 bits per heavy atom. The van der Waals surface area contributed by atoms with Crippen LogP contribution in [0.3, 0.4) is 0 Å². The van der Waals surface area contributed by atoms with Gasteiger partial charge in [0.1, 0.15) is 0 Å². The highest BCUT2D eigenvalue weighted by molar-refractivity contribution is 5.26. The first-order valence-electron chi connectivity index (χ1n) is 6.68. The van der Waals surface area contributed by atoms with Gasteiger partial charge in [-0.25, -0.2) is 4.98 Å². The van der Waals surface area contributed by atoms with Gasteiger partial charge in [0.15, 0.2) is 0 Å². The van der Waals surface area contributed by atoms with E-state index in [0.29, 0.717) is 5.95 Å². The number of anilines is 1. The number of nitrogens with one attached hydrogen (secondary N) is 1. The van der Waals surface area contributed by atoms with Crippen molar-refractivity contribution in [3.63, 3.8) is 0 Å². The molecule has 2 heterocycles. The topological polar surface area (TPSA) is 63.6 Å². The molecular weight excluding hydrogens is 238 g/mol. The van der Waals surface area contributed by atoms with Crippen LogP contribution in [0.25, 0.3) is 0 Å². The van der Waals surface area contributed by atoms with Gasteiger partial charge in [-0.3, -0.25) is 4.98 Å². The molecule has 0 fully saturated rings.